The Balaban J connectivity index is 0.802. The van der Waals surface area contributed by atoms with Gasteiger partial charge in [0.1, 0.15) is 36.3 Å². The lowest BCUT2D eigenvalue weighted by molar-refractivity contribution is 0.363. The van der Waals surface area contributed by atoms with Gasteiger partial charge in [-0.15, -0.1) is 0 Å². The number of anilines is 6. The number of aryl methyl sites for hydroxylation is 2. The van der Waals surface area contributed by atoms with Gasteiger partial charge in [-0.05, 0) is 234 Å². The Morgan fingerprint density at radius 1 is 0.312 bits per heavy atom. The van der Waals surface area contributed by atoms with Gasteiger partial charge in [0.15, 0.2) is 0 Å². The summed E-state index contributed by atoms with van der Waals surface area (Å²) < 4.78 is 44.3. The second kappa shape index (κ2) is 24.2. The zero-order valence-corrected chi connectivity index (χ0v) is 53.3. The highest BCUT2D eigenvalue weighted by Crippen LogP contribution is 2.60. The zero-order valence-electron chi connectivity index (χ0n) is 53.3. The van der Waals surface area contributed by atoms with E-state index in [4.69, 9.17) is 9.47 Å². The van der Waals surface area contributed by atoms with Crippen LogP contribution >= 0.6 is 0 Å². The number of benzene rings is 14. The summed E-state index contributed by atoms with van der Waals surface area (Å²) in [5, 5.41) is 4.61. The van der Waals surface area contributed by atoms with Gasteiger partial charge in [-0.25, -0.2) is 8.78 Å². The van der Waals surface area contributed by atoms with Crippen molar-refractivity contribution in [1.29, 1.82) is 0 Å². The van der Waals surface area contributed by atoms with Crippen LogP contribution in [-0.2, 0) is 10.8 Å². The van der Waals surface area contributed by atoms with Gasteiger partial charge in [0.2, 0.25) is 0 Å². The molecule has 2 atom stereocenters. The van der Waals surface area contributed by atoms with Crippen molar-refractivity contribution in [2.24, 2.45) is 0 Å². The number of nitrogens with zero attached hydrogens (tertiary/aromatic N) is 2. The van der Waals surface area contributed by atoms with Gasteiger partial charge in [-0.3, -0.25) is 0 Å². The molecule has 0 amide bonds. The average Bonchev–Trinajstić information content (AvgIpc) is 1.54. The summed E-state index contributed by atoms with van der Waals surface area (Å²) in [6.45, 7) is 12.2. The molecule has 16 rings (SSSR count). The molecule has 0 saturated heterocycles. The number of hydrogen-bond acceptors (Lipinski definition) is 4. The van der Waals surface area contributed by atoms with Crippen LogP contribution in [0.4, 0.5) is 42.9 Å². The molecule has 14 aromatic carbocycles. The largest absolute Gasteiger partial charge is 0.490 e. The van der Waals surface area contributed by atoms with Crippen LogP contribution < -0.4 is 19.3 Å². The van der Waals surface area contributed by atoms with E-state index in [-0.39, 0.29) is 11.6 Å². The van der Waals surface area contributed by atoms with Gasteiger partial charge >= 0.3 is 0 Å². The van der Waals surface area contributed by atoms with Gasteiger partial charge in [-0.1, -0.05) is 219 Å². The zero-order chi connectivity index (χ0) is 65.1. The quantitative estimate of drug-likeness (QED) is 0.0849. The molecule has 0 spiro atoms. The number of ether oxygens (including phenoxy) is 2. The number of rotatable bonds is 17. The summed E-state index contributed by atoms with van der Waals surface area (Å²) >= 11 is 0. The van der Waals surface area contributed by atoms with E-state index >= 15 is 8.78 Å². The maximum Gasteiger partial charge on any atom is 0.128 e. The third kappa shape index (κ3) is 9.86. The highest BCUT2D eigenvalue weighted by atomic mass is 19.1. The Labute approximate surface area is 559 Å². The minimum Gasteiger partial charge on any atom is -0.490 e. The molecule has 4 nitrogen and oxygen atoms in total. The summed E-state index contributed by atoms with van der Waals surface area (Å²) in [5.41, 5.74) is 20.0. The van der Waals surface area contributed by atoms with E-state index < -0.39 is 10.8 Å². The minimum atomic E-state index is -0.754. The van der Waals surface area contributed by atoms with Gasteiger partial charge < -0.3 is 19.3 Å². The molecular weight excluding hydrogens is 1180 g/mol. The van der Waals surface area contributed by atoms with Crippen LogP contribution in [0.5, 0.6) is 11.5 Å². The Morgan fingerprint density at radius 2 is 0.646 bits per heavy atom. The van der Waals surface area contributed by atoms with E-state index in [0.29, 0.717) is 35.7 Å². The molecule has 0 aliphatic heterocycles. The molecule has 2 unspecified atom stereocenters. The lowest BCUT2D eigenvalue weighted by atomic mass is 9.67. The molecule has 0 heterocycles. The minimum absolute atomic E-state index is 0.288. The van der Waals surface area contributed by atoms with Gasteiger partial charge in [0.25, 0.3) is 0 Å². The molecule has 0 aromatic heterocycles. The molecule has 2 aliphatic rings. The second-order valence-electron chi connectivity index (χ2n) is 25.1. The molecule has 0 saturated carbocycles. The maximum atomic E-state index is 16.1. The third-order valence-corrected chi connectivity index (χ3v) is 19.7. The van der Waals surface area contributed by atoms with Crippen LogP contribution in [0, 0.1) is 25.5 Å². The first-order valence-corrected chi connectivity index (χ1v) is 32.6. The number of halogens is 2. The molecule has 0 radical (unpaired) electrons. The van der Waals surface area contributed by atoms with Crippen LogP contribution in [0.2, 0.25) is 0 Å². The molecule has 2 aliphatic carbocycles. The van der Waals surface area contributed by atoms with Gasteiger partial charge in [0.05, 0.1) is 10.8 Å². The fraction of sp³-hybridized carbons (Fsp3) is 0.0667. The molecule has 0 fully saturated rings. The number of fused-ring (bicyclic) bond motifs is 8. The monoisotopic (exact) mass is 1240 g/mol. The highest BCUT2D eigenvalue weighted by molar-refractivity contribution is 5.94. The average molecular weight is 1250 g/mol. The normalized spacial score (nSPS) is 14.9. The fourth-order valence-corrected chi connectivity index (χ4v) is 15.1. The van der Waals surface area contributed by atoms with Crippen LogP contribution in [0.1, 0.15) is 55.6 Å². The Bertz CT molecular complexity index is 5020. The van der Waals surface area contributed by atoms with Crippen molar-refractivity contribution in [3.63, 3.8) is 0 Å². The van der Waals surface area contributed by atoms with Crippen molar-refractivity contribution >= 4 is 55.7 Å². The van der Waals surface area contributed by atoms with Crippen LogP contribution in [0.15, 0.2) is 329 Å². The number of hydrogen-bond donors (Lipinski definition) is 0. The van der Waals surface area contributed by atoms with Crippen LogP contribution in [0.25, 0.3) is 54.9 Å². The van der Waals surface area contributed by atoms with Crippen LogP contribution in [0.3, 0.4) is 0 Å². The first-order valence-electron chi connectivity index (χ1n) is 32.6. The summed E-state index contributed by atoms with van der Waals surface area (Å²) in [5.74, 6) is 0.946. The first kappa shape index (κ1) is 59.2. The van der Waals surface area contributed by atoms with Crippen LogP contribution in [-0.4, -0.2) is 13.2 Å². The summed E-state index contributed by atoms with van der Waals surface area (Å²) in [7, 11) is 0. The molecule has 14 aromatic rings. The standard InChI is InChI=1S/C90H66F2N2O2/c1-5-51-95-77-45-33-67(34-46-77)89(69-31-25-61-15-7-9-17-65(61)53-69)83-21-13-11-19-79(83)81-49-43-73(55-85(81)89)93(75-37-23-59(3)87(91)57-75)71-39-27-63(28-40-71)64-29-41-72(42-30-64)94(76-38-24-60(4)88(92)58-76)74-44-50-82-80-20-12-14-22-84(80)90(86(82)56-74,68-35-47-78(48-36-68)96-52-6-2)70-32-26-62-16-8-10-18-66(62)54-70/h5-50,53-58H,1-2,51-52H2,3-4H3. The summed E-state index contributed by atoms with van der Waals surface area (Å²) in [6, 6.07) is 107. The summed E-state index contributed by atoms with van der Waals surface area (Å²) in [6.07, 6.45) is 3.51. The Morgan fingerprint density at radius 3 is 1.04 bits per heavy atom. The second-order valence-corrected chi connectivity index (χ2v) is 25.1. The molecule has 96 heavy (non-hydrogen) atoms. The molecule has 0 bridgehead atoms. The van der Waals surface area contributed by atoms with E-state index in [1.165, 1.54) is 11.1 Å². The van der Waals surface area contributed by atoms with Crippen molar-refractivity contribution in [3.8, 4) is 44.9 Å². The van der Waals surface area contributed by atoms with Crippen molar-refractivity contribution in [2.45, 2.75) is 24.7 Å². The van der Waals surface area contributed by atoms with Crippen molar-refractivity contribution in [1.82, 2.24) is 0 Å². The topological polar surface area (TPSA) is 24.9 Å². The predicted octanol–water partition coefficient (Wildman–Crippen LogP) is 23.4. The van der Waals surface area contributed by atoms with Crippen molar-refractivity contribution in [3.05, 3.63) is 396 Å². The van der Waals surface area contributed by atoms with E-state index in [9.17, 15) is 0 Å². The Kier molecular flexibility index (Phi) is 14.9. The summed E-state index contributed by atoms with van der Waals surface area (Å²) in [4.78, 5) is 4.32. The van der Waals surface area contributed by atoms with E-state index in [1.54, 1.807) is 38.1 Å². The lowest BCUT2D eigenvalue weighted by Gasteiger charge is -2.35. The predicted molar refractivity (Wildman–Crippen MR) is 392 cm³/mol. The van der Waals surface area contributed by atoms with Crippen molar-refractivity contribution < 1.29 is 18.3 Å². The van der Waals surface area contributed by atoms with E-state index in [2.05, 4.69) is 290 Å². The van der Waals surface area contributed by atoms with Crippen molar-refractivity contribution in [2.75, 3.05) is 23.0 Å². The van der Waals surface area contributed by atoms with E-state index in [0.717, 1.165) is 123 Å². The SMILES string of the molecule is C=CCOc1ccc(C2(c3ccc4ccccc4c3)c3ccccc3-c3ccc(N(c4ccc(-c5ccc(N(c6ccc(C)c(F)c6)c6ccc7c(c6)C(c6ccc(OCC=C)cc6)(c6ccc8ccccc8c6)c6ccccc6-7)cc5)cc4)c4ccc(C)c(F)c4)cc32)cc1. The van der Waals surface area contributed by atoms with Gasteiger partial charge in [-0.2, -0.15) is 0 Å². The molecule has 462 valence electrons. The van der Waals surface area contributed by atoms with E-state index in [1.807, 2.05) is 24.3 Å². The Hall–Kier alpha value is -11.9. The third-order valence-electron chi connectivity index (χ3n) is 19.7. The first-order chi connectivity index (χ1) is 47.1. The maximum absolute atomic E-state index is 16.1. The fourth-order valence-electron chi connectivity index (χ4n) is 15.1. The molecule has 0 N–H and O–H groups in total. The highest BCUT2D eigenvalue weighted by Gasteiger charge is 2.48. The lowest BCUT2D eigenvalue weighted by Crippen LogP contribution is -2.29. The molecule has 6 heteroatoms. The van der Waals surface area contributed by atoms with Gasteiger partial charge in [0, 0.05) is 34.1 Å². The molecular formula is C90H66F2N2O2. The smallest absolute Gasteiger partial charge is 0.128 e.